The van der Waals surface area contributed by atoms with E-state index in [-0.39, 0.29) is 6.04 Å². The minimum atomic E-state index is -0.232. The van der Waals surface area contributed by atoms with Crippen LogP contribution in [0.3, 0.4) is 0 Å². The average molecular weight is 268 g/mol. The maximum atomic E-state index is 6.20. The van der Waals surface area contributed by atoms with Crippen LogP contribution in [-0.2, 0) is 0 Å². The Labute approximate surface area is 115 Å². The van der Waals surface area contributed by atoms with Crippen molar-refractivity contribution in [1.29, 1.82) is 0 Å². The zero-order valence-corrected chi connectivity index (χ0v) is 10.9. The number of nitrogens with two attached hydrogens (primary N) is 1. The molecule has 1 unspecified atom stereocenters. The molecule has 3 rings (SSSR count). The zero-order valence-electron chi connectivity index (χ0n) is 10.1. The Morgan fingerprint density at radius 2 is 1.84 bits per heavy atom. The first-order chi connectivity index (χ1) is 9.34. The summed E-state index contributed by atoms with van der Waals surface area (Å²) in [6.45, 7) is 0. The maximum Gasteiger partial charge on any atom is 0.149 e. The maximum absolute atomic E-state index is 6.20. The van der Waals surface area contributed by atoms with Gasteiger partial charge in [0.1, 0.15) is 10.0 Å². The van der Waals surface area contributed by atoms with E-state index < -0.39 is 0 Å². The molecule has 2 heterocycles. The molecule has 0 aliphatic carbocycles. The zero-order chi connectivity index (χ0) is 13.1. The van der Waals surface area contributed by atoms with Crippen molar-refractivity contribution < 1.29 is 0 Å². The van der Waals surface area contributed by atoms with E-state index in [0.717, 1.165) is 21.1 Å². The van der Waals surface area contributed by atoms with Crippen molar-refractivity contribution in [1.82, 2.24) is 15.2 Å². The van der Waals surface area contributed by atoms with Gasteiger partial charge in [0.25, 0.3) is 0 Å². The SMILES string of the molecule is NC(c1ccccc1)c1nnc(-c2cccnc2)s1. The van der Waals surface area contributed by atoms with Gasteiger partial charge in [0.15, 0.2) is 0 Å². The van der Waals surface area contributed by atoms with E-state index in [2.05, 4.69) is 15.2 Å². The van der Waals surface area contributed by atoms with Crippen LogP contribution in [0, 0.1) is 0 Å². The van der Waals surface area contributed by atoms with Crippen molar-refractivity contribution in [3.63, 3.8) is 0 Å². The van der Waals surface area contributed by atoms with E-state index in [9.17, 15) is 0 Å². The highest BCUT2D eigenvalue weighted by atomic mass is 32.1. The Kier molecular flexibility index (Phi) is 3.31. The third-order valence-corrected chi connectivity index (χ3v) is 3.83. The number of pyridine rings is 1. The molecule has 0 aliphatic heterocycles. The molecule has 5 heteroatoms. The first kappa shape index (κ1) is 12.0. The predicted octanol–water partition coefficient (Wildman–Crippen LogP) is 2.65. The fraction of sp³-hybridized carbons (Fsp3) is 0.0714. The number of hydrogen-bond donors (Lipinski definition) is 1. The molecular weight excluding hydrogens is 256 g/mol. The lowest BCUT2D eigenvalue weighted by atomic mass is 10.1. The Morgan fingerprint density at radius 1 is 1.00 bits per heavy atom. The summed E-state index contributed by atoms with van der Waals surface area (Å²) in [6.07, 6.45) is 3.51. The minimum absolute atomic E-state index is 0.232. The van der Waals surface area contributed by atoms with Crippen molar-refractivity contribution in [3.05, 3.63) is 65.4 Å². The smallest absolute Gasteiger partial charge is 0.149 e. The standard InChI is InChI=1S/C14H12N4S/c15-12(10-5-2-1-3-6-10)14-18-17-13(19-14)11-7-4-8-16-9-11/h1-9,12H,15H2. The summed E-state index contributed by atoms with van der Waals surface area (Å²) in [5.74, 6) is 0. The van der Waals surface area contributed by atoms with Crippen molar-refractivity contribution >= 4 is 11.3 Å². The Balaban J connectivity index is 1.90. The largest absolute Gasteiger partial charge is 0.318 e. The molecule has 0 bridgehead atoms. The molecule has 19 heavy (non-hydrogen) atoms. The first-order valence-electron chi connectivity index (χ1n) is 5.89. The lowest BCUT2D eigenvalue weighted by Crippen LogP contribution is -2.11. The topological polar surface area (TPSA) is 64.7 Å². The molecule has 0 radical (unpaired) electrons. The second-order valence-electron chi connectivity index (χ2n) is 4.08. The molecule has 0 saturated heterocycles. The number of rotatable bonds is 3. The number of benzene rings is 1. The lowest BCUT2D eigenvalue weighted by molar-refractivity contribution is 0.831. The van der Waals surface area contributed by atoms with Gasteiger partial charge in [-0.25, -0.2) is 0 Å². The van der Waals surface area contributed by atoms with Crippen molar-refractivity contribution in [2.24, 2.45) is 5.73 Å². The van der Waals surface area contributed by atoms with Crippen molar-refractivity contribution in [3.8, 4) is 10.6 Å². The number of nitrogens with zero attached hydrogens (tertiary/aromatic N) is 3. The minimum Gasteiger partial charge on any atom is -0.318 e. The molecule has 0 aliphatic rings. The van der Waals surface area contributed by atoms with E-state index in [1.54, 1.807) is 12.4 Å². The van der Waals surface area contributed by atoms with Crippen LogP contribution in [-0.4, -0.2) is 15.2 Å². The van der Waals surface area contributed by atoms with Gasteiger partial charge < -0.3 is 5.73 Å². The summed E-state index contributed by atoms with van der Waals surface area (Å²) >= 11 is 1.50. The monoisotopic (exact) mass is 268 g/mol. The summed E-state index contributed by atoms with van der Waals surface area (Å²) < 4.78 is 0. The quantitative estimate of drug-likeness (QED) is 0.793. The predicted molar refractivity (Wildman–Crippen MR) is 75.6 cm³/mol. The fourth-order valence-corrected chi connectivity index (χ4v) is 2.63. The van der Waals surface area contributed by atoms with Crippen LogP contribution in [0.5, 0.6) is 0 Å². The number of aromatic nitrogens is 3. The van der Waals surface area contributed by atoms with E-state index in [1.807, 2.05) is 42.5 Å². The summed E-state index contributed by atoms with van der Waals surface area (Å²) in [5, 5.41) is 10.0. The second-order valence-corrected chi connectivity index (χ2v) is 5.08. The van der Waals surface area contributed by atoms with Gasteiger partial charge in [0.05, 0.1) is 6.04 Å². The normalized spacial score (nSPS) is 12.3. The molecule has 4 nitrogen and oxygen atoms in total. The number of hydrogen-bond acceptors (Lipinski definition) is 5. The molecular formula is C14H12N4S. The van der Waals surface area contributed by atoms with Gasteiger partial charge in [-0.15, -0.1) is 10.2 Å². The Hall–Kier alpha value is -2.11. The molecule has 0 fully saturated rings. The Bertz CT molecular complexity index is 651. The molecule has 94 valence electrons. The molecule has 0 amide bonds. The van der Waals surface area contributed by atoms with Gasteiger partial charge in [-0.1, -0.05) is 41.7 Å². The van der Waals surface area contributed by atoms with E-state index in [0.29, 0.717) is 0 Å². The van der Waals surface area contributed by atoms with Gasteiger partial charge in [-0.2, -0.15) is 0 Å². The van der Waals surface area contributed by atoms with Crippen LogP contribution in [0.15, 0.2) is 54.9 Å². The Morgan fingerprint density at radius 3 is 2.58 bits per heavy atom. The van der Waals surface area contributed by atoms with E-state index >= 15 is 0 Å². The van der Waals surface area contributed by atoms with Gasteiger partial charge in [-0.3, -0.25) is 4.98 Å². The van der Waals surface area contributed by atoms with Crippen LogP contribution in [0.25, 0.3) is 10.6 Å². The summed E-state index contributed by atoms with van der Waals surface area (Å²) in [5.41, 5.74) is 8.20. The third-order valence-electron chi connectivity index (χ3n) is 2.77. The molecule has 2 N–H and O–H groups in total. The molecule has 2 aromatic heterocycles. The van der Waals surface area contributed by atoms with E-state index in [1.165, 1.54) is 11.3 Å². The molecule has 0 spiro atoms. The highest BCUT2D eigenvalue weighted by molar-refractivity contribution is 7.14. The second kappa shape index (κ2) is 5.26. The van der Waals surface area contributed by atoms with Gasteiger partial charge in [-0.05, 0) is 17.7 Å². The van der Waals surface area contributed by atoms with Crippen LogP contribution in [0.1, 0.15) is 16.6 Å². The van der Waals surface area contributed by atoms with Crippen LogP contribution >= 0.6 is 11.3 Å². The average Bonchev–Trinajstić information content (AvgIpc) is 2.98. The molecule has 1 atom stereocenters. The molecule has 0 saturated carbocycles. The third kappa shape index (κ3) is 2.52. The lowest BCUT2D eigenvalue weighted by Gasteiger charge is -2.06. The van der Waals surface area contributed by atoms with Gasteiger partial charge >= 0.3 is 0 Å². The summed E-state index contributed by atoms with van der Waals surface area (Å²) in [6, 6.07) is 13.5. The highest BCUT2D eigenvalue weighted by Crippen LogP contribution is 2.28. The molecule has 3 aromatic rings. The fourth-order valence-electron chi connectivity index (χ4n) is 1.77. The van der Waals surface area contributed by atoms with E-state index in [4.69, 9.17) is 5.73 Å². The summed E-state index contributed by atoms with van der Waals surface area (Å²) in [7, 11) is 0. The van der Waals surface area contributed by atoms with Crippen LogP contribution in [0.2, 0.25) is 0 Å². The first-order valence-corrected chi connectivity index (χ1v) is 6.70. The van der Waals surface area contributed by atoms with Crippen LogP contribution < -0.4 is 5.73 Å². The van der Waals surface area contributed by atoms with Gasteiger partial charge in [0.2, 0.25) is 0 Å². The highest BCUT2D eigenvalue weighted by Gasteiger charge is 2.15. The van der Waals surface area contributed by atoms with Crippen molar-refractivity contribution in [2.75, 3.05) is 0 Å². The molecule has 1 aromatic carbocycles. The van der Waals surface area contributed by atoms with Crippen LogP contribution in [0.4, 0.5) is 0 Å². The van der Waals surface area contributed by atoms with Crippen molar-refractivity contribution in [2.45, 2.75) is 6.04 Å². The summed E-state index contributed by atoms with van der Waals surface area (Å²) in [4.78, 5) is 4.08. The van der Waals surface area contributed by atoms with Gasteiger partial charge in [0, 0.05) is 18.0 Å².